The molecule has 0 saturated carbocycles. The average molecular weight is 341 g/mol. The first-order chi connectivity index (χ1) is 12.2. The van der Waals surface area contributed by atoms with Crippen LogP contribution in [0.4, 0.5) is 0 Å². The molecule has 134 valence electrons. The zero-order valence-corrected chi connectivity index (χ0v) is 14.9. The fourth-order valence-electron chi connectivity index (χ4n) is 3.22. The molecule has 25 heavy (non-hydrogen) atoms. The minimum absolute atomic E-state index is 0.152. The van der Waals surface area contributed by atoms with Gasteiger partial charge in [-0.15, -0.1) is 0 Å². The van der Waals surface area contributed by atoms with E-state index in [1.807, 2.05) is 30.3 Å². The van der Waals surface area contributed by atoms with E-state index in [1.54, 1.807) is 7.11 Å². The summed E-state index contributed by atoms with van der Waals surface area (Å²) in [6, 6.07) is 16.2. The van der Waals surface area contributed by atoms with Crippen LogP contribution in [-0.4, -0.2) is 36.3 Å². The van der Waals surface area contributed by atoms with Gasteiger partial charge in [0.15, 0.2) is 0 Å². The predicted molar refractivity (Wildman–Crippen MR) is 98.9 cm³/mol. The third-order valence-corrected chi connectivity index (χ3v) is 4.69. The molecule has 4 nitrogen and oxygen atoms in total. The molecule has 1 heterocycles. The molecule has 3 rings (SSSR count). The van der Waals surface area contributed by atoms with Crippen LogP contribution in [0.2, 0.25) is 0 Å². The summed E-state index contributed by atoms with van der Waals surface area (Å²) < 4.78 is 11.5. The summed E-state index contributed by atoms with van der Waals surface area (Å²) in [5.74, 6) is 1.67. The molecule has 4 heteroatoms. The standard InChI is InChI=1S/C21H27NO3/c1-24-21-14-20(25-16-17-6-3-2-4-7-17)10-9-18(21)15-22-12-5-8-19(23)11-13-22/h2-4,6-7,9-10,14,19,23H,5,8,11-13,15-16H2,1H3. The SMILES string of the molecule is COc1cc(OCc2ccccc2)ccc1CN1CCCC(O)CC1. The number of rotatable bonds is 6. The van der Waals surface area contributed by atoms with Crippen LogP contribution >= 0.6 is 0 Å². The first-order valence-electron chi connectivity index (χ1n) is 8.98. The number of likely N-dealkylation sites (tertiary alicyclic amines) is 1. The zero-order chi connectivity index (χ0) is 17.5. The topological polar surface area (TPSA) is 41.9 Å². The van der Waals surface area contributed by atoms with Crippen molar-refractivity contribution < 1.29 is 14.6 Å². The van der Waals surface area contributed by atoms with Gasteiger partial charge in [0.05, 0.1) is 13.2 Å². The van der Waals surface area contributed by atoms with E-state index >= 15 is 0 Å². The number of hydrogen-bond acceptors (Lipinski definition) is 4. The van der Waals surface area contributed by atoms with Crippen LogP contribution in [0.3, 0.4) is 0 Å². The summed E-state index contributed by atoms with van der Waals surface area (Å²) in [5.41, 5.74) is 2.31. The molecule has 0 bridgehead atoms. The molecule has 2 aromatic carbocycles. The Bertz CT molecular complexity index is 659. The number of methoxy groups -OCH3 is 1. The highest BCUT2D eigenvalue weighted by atomic mass is 16.5. The molecule has 1 aliphatic heterocycles. The molecular formula is C21H27NO3. The maximum Gasteiger partial charge on any atom is 0.127 e. The van der Waals surface area contributed by atoms with E-state index in [0.717, 1.165) is 61.5 Å². The number of hydrogen-bond donors (Lipinski definition) is 1. The highest BCUT2D eigenvalue weighted by molar-refractivity contribution is 5.41. The van der Waals surface area contributed by atoms with Crippen molar-refractivity contribution in [3.8, 4) is 11.5 Å². The van der Waals surface area contributed by atoms with Crippen molar-refractivity contribution in [2.45, 2.75) is 38.5 Å². The Hall–Kier alpha value is -2.04. The molecule has 0 radical (unpaired) electrons. The Balaban J connectivity index is 1.63. The van der Waals surface area contributed by atoms with E-state index in [1.165, 1.54) is 0 Å². The van der Waals surface area contributed by atoms with E-state index in [2.05, 4.69) is 23.1 Å². The average Bonchev–Trinajstić information content (AvgIpc) is 2.86. The molecule has 1 unspecified atom stereocenters. The van der Waals surface area contributed by atoms with Crippen LogP contribution in [0.1, 0.15) is 30.4 Å². The molecule has 0 aromatic heterocycles. The van der Waals surface area contributed by atoms with Gasteiger partial charge in [-0.1, -0.05) is 36.4 Å². The monoisotopic (exact) mass is 341 g/mol. The van der Waals surface area contributed by atoms with Crippen molar-refractivity contribution in [2.24, 2.45) is 0 Å². The van der Waals surface area contributed by atoms with E-state index in [9.17, 15) is 5.11 Å². The third-order valence-electron chi connectivity index (χ3n) is 4.69. The summed E-state index contributed by atoms with van der Waals surface area (Å²) in [5, 5.41) is 9.80. The van der Waals surface area contributed by atoms with Gasteiger partial charge in [0.2, 0.25) is 0 Å². The van der Waals surface area contributed by atoms with Crippen LogP contribution in [0.25, 0.3) is 0 Å². The van der Waals surface area contributed by atoms with Crippen molar-refractivity contribution in [1.29, 1.82) is 0 Å². The summed E-state index contributed by atoms with van der Waals surface area (Å²) in [6.45, 7) is 3.34. The van der Waals surface area contributed by atoms with E-state index in [0.29, 0.717) is 6.61 Å². The summed E-state index contributed by atoms with van der Waals surface area (Å²) in [4.78, 5) is 2.39. The minimum atomic E-state index is -0.152. The van der Waals surface area contributed by atoms with Gasteiger partial charge in [0.25, 0.3) is 0 Å². The second-order valence-corrected chi connectivity index (χ2v) is 6.61. The zero-order valence-electron chi connectivity index (χ0n) is 14.9. The number of aliphatic hydroxyl groups is 1. The lowest BCUT2D eigenvalue weighted by Gasteiger charge is -2.21. The van der Waals surface area contributed by atoms with Crippen LogP contribution in [-0.2, 0) is 13.2 Å². The first kappa shape index (κ1) is 17.8. The summed E-state index contributed by atoms with van der Waals surface area (Å²) in [7, 11) is 1.70. The highest BCUT2D eigenvalue weighted by Crippen LogP contribution is 2.27. The normalized spacial score (nSPS) is 18.6. The largest absolute Gasteiger partial charge is 0.496 e. The molecule has 0 aliphatic carbocycles. The van der Waals surface area contributed by atoms with Crippen LogP contribution in [0.15, 0.2) is 48.5 Å². The number of aliphatic hydroxyl groups excluding tert-OH is 1. The van der Waals surface area contributed by atoms with Gasteiger partial charge in [-0.05, 0) is 37.4 Å². The molecule has 2 aromatic rings. The molecule has 1 aliphatic rings. The molecule has 1 saturated heterocycles. The van der Waals surface area contributed by atoms with Gasteiger partial charge in [-0.25, -0.2) is 0 Å². The van der Waals surface area contributed by atoms with E-state index in [4.69, 9.17) is 9.47 Å². The van der Waals surface area contributed by atoms with Crippen LogP contribution in [0.5, 0.6) is 11.5 Å². The Morgan fingerprint density at radius 3 is 2.72 bits per heavy atom. The molecule has 1 fully saturated rings. The van der Waals surface area contributed by atoms with E-state index < -0.39 is 0 Å². The lowest BCUT2D eigenvalue weighted by Crippen LogP contribution is -2.24. The van der Waals surface area contributed by atoms with Crippen molar-refractivity contribution in [2.75, 3.05) is 20.2 Å². The maximum absolute atomic E-state index is 9.80. The second-order valence-electron chi connectivity index (χ2n) is 6.61. The Kier molecular flexibility index (Phi) is 6.31. The van der Waals surface area contributed by atoms with Gasteiger partial charge < -0.3 is 14.6 Å². The van der Waals surface area contributed by atoms with Gasteiger partial charge >= 0.3 is 0 Å². The molecule has 0 amide bonds. The van der Waals surface area contributed by atoms with Gasteiger partial charge in [0, 0.05) is 24.7 Å². The van der Waals surface area contributed by atoms with Gasteiger partial charge in [-0.3, -0.25) is 4.90 Å². The van der Waals surface area contributed by atoms with Crippen LogP contribution in [0, 0.1) is 0 Å². The minimum Gasteiger partial charge on any atom is -0.496 e. The highest BCUT2D eigenvalue weighted by Gasteiger charge is 2.16. The fraction of sp³-hybridized carbons (Fsp3) is 0.429. The predicted octanol–water partition coefficient (Wildman–Crippen LogP) is 3.62. The van der Waals surface area contributed by atoms with Crippen molar-refractivity contribution in [3.05, 3.63) is 59.7 Å². The van der Waals surface area contributed by atoms with Crippen molar-refractivity contribution >= 4 is 0 Å². The number of ether oxygens (including phenoxy) is 2. The third kappa shape index (κ3) is 5.21. The smallest absolute Gasteiger partial charge is 0.127 e. The molecule has 1 N–H and O–H groups in total. The number of nitrogens with zero attached hydrogens (tertiary/aromatic N) is 1. The lowest BCUT2D eigenvalue weighted by atomic mass is 10.1. The Morgan fingerprint density at radius 1 is 1.08 bits per heavy atom. The van der Waals surface area contributed by atoms with E-state index in [-0.39, 0.29) is 6.10 Å². The lowest BCUT2D eigenvalue weighted by molar-refractivity contribution is 0.154. The molecule has 1 atom stereocenters. The van der Waals surface area contributed by atoms with Crippen molar-refractivity contribution in [3.63, 3.8) is 0 Å². The molecule has 0 spiro atoms. The Labute approximate surface area is 150 Å². The summed E-state index contributed by atoms with van der Waals surface area (Å²) in [6.07, 6.45) is 2.64. The maximum atomic E-state index is 9.80. The van der Waals surface area contributed by atoms with Crippen LogP contribution < -0.4 is 9.47 Å². The number of benzene rings is 2. The van der Waals surface area contributed by atoms with Gasteiger partial charge in [-0.2, -0.15) is 0 Å². The van der Waals surface area contributed by atoms with Crippen molar-refractivity contribution in [1.82, 2.24) is 4.90 Å². The Morgan fingerprint density at radius 2 is 1.92 bits per heavy atom. The quantitative estimate of drug-likeness (QED) is 0.871. The van der Waals surface area contributed by atoms with Gasteiger partial charge in [0.1, 0.15) is 18.1 Å². The second kappa shape index (κ2) is 8.88. The summed E-state index contributed by atoms with van der Waals surface area (Å²) >= 11 is 0. The first-order valence-corrected chi connectivity index (χ1v) is 8.98. The molecular weight excluding hydrogens is 314 g/mol. The fourth-order valence-corrected chi connectivity index (χ4v) is 3.22.